The number of benzene rings is 1. The second kappa shape index (κ2) is 7.79. The third kappa shape index (κ3) is 3.78. The van der Waals surface area contributed by atoms with Crippen LogP contribution in [0.1, 0.15) is 18.4 Å². The Morgan fingerprint density at radius 2 is 2.33 bits per heavy atom. The van der Waals surface area contributed by atoms with Crippen molar-refractivity contribution in [3.05, 3.63) is 34.7 Å². The van der Waals surface area contributed by atoms with Crippen LogP contribution in [0.4, 0.5) is 0 Å². The van der Waals surface area contributed by atoms with E-state index in [0.717, 1.165) is 25.0 Å². The highest BCUT2D eigenvalue weighted by Crippen LogP contribution is 2.35. The van der Waals surface area contributed by atoms with Crippen LogP contribution in [-0.4, -0.2) is 41.0 Å². The molecule has 5 nitrogen and oxygen atoms in total. The lowest BCUT2D eigenvalue weighted by molar-refractivity contribution is -0.123. The maximum atomic E-state index is 12.6. The van der Waals surface area contributed by atoms with Crippen LogP contribution in [0.3, 0.4) is 0 Å². The quantitative estimate of drug-likeness (QED) is 0.594. The molecular formula is C17H16N2O3S2. The van der Waals surface area contributed by atoms with Crippen molar-refractivity contribution in [2.24, 2.45) is 0 Å². The number of amides is 1. The van der Waals surface area contributed by atoms with Crippen LogP contribution < -0.4 is 4.74 Å². The molecule has 0 N–H and O–H groups in total. The van der Waals surface area contributed by atoms with Crippen molar-refractivity contribution < 1.29 is 14.3 Å². The van der Waals surface area contributed by atoms with Gasteiger partial charge in [-0.25, -0.2) is 0 Å². The van der Waals surface area contributed by atoms with Crippen molar-refractivity contribution in [3.8, 4) is 11.8 Å². The number of para-hydroxylation sites is 1. The summed E-state index contributed by atoms with van der Waals surface area (Å²) in [7, 11) is 0. The summed E-state index contributed by atoms with van der Waals surface area (Å²) >= 11 is 6.63. The van der Waals surface area contributed by atoms with E-state index in [9.17, 15) is 4.79 Å². The first-order chi connectivity index (χ1) is 11.7. The predicted octanol–water partition coefficient (Wildman–Crippen LogP) is 2.97. The van der Waals surface area contributed by atoms with E-state index in [0.29, 0.717) is 21.5 Å². The van der Waals surface area contributed by atoms with E-state index < -0.39 is 0 Å². The van der Waals surface area contributed by atoms with Crippen molar-refractivity contribution in [2.45, 2.75) is 18.9 Å². The Bertz CT molecular complexity index is 721. The molecule has 0 aliphatic carbocycles. The number of nitrogens with zero attached hydrogens (tertiary/aromatic N) is 2. The third-order valence-corrected chi connectivity index (χ3v) is 5.16. The van der Waals surface area contributed by atoms with Crippen molar-refractivity contribution >= 4 is 40.3 Å². The summed E-state index contributed by atoms with van der Waals surface area (Å²) in [6.07, 6.45) is 3.82. The fourth-order valence-electron chi connectivity index (χ4n) is 2.63. The Labute approximate surface area is 150 Å². The first-order valence-corrected chi connectivity index (χ1v) is 8.87. The molecule has 2 aliphatic rings. The van der Waals surface area contributed by atoms with Crippen molar-refractivity contribution in [3.63, 3.8) is 0 Å². The molecule has 2 heterocycles. The van der Waals surface area contributed by atoms with Gasteiger partial charge in [-0.1, -0.05) is 42.2 Å². The predicted molar refractivity (Wildman–Crippen MR) is 96.4 cm³/mol. The summed E-state index contributed by atoms with van der Waals surface area (Å²) < 4.78 is 11.5. The lowest BCUT2D eigenvalue weighted by atomic mass is 10.2. The van der Waals surface area contributed by atoms with Crippen LogP contribution in [0.25, 0.3) is 6.08 Å². The molecule has 0 saturated carbocycles. The van der Waals surface area contributed by atoms with E-state index in [1.54, 1.807) is 17.0 Å². The maximum absolute atomic E-state index is 12.6. The van der Waals surface area contributed by atoms with Gasteiger partial charge in [0.1, 0.15) is 16.1 Å². The van der Waals surface area contributed by atoms with Gasteiger partial charge in [-0.15, -0.1) is 0 Å². The molecule has 2 saturated heterocycles. The fourth-order valence-corrected chi connectivity index (χ4v) is 3.90. The highest BCUT2D eigenvalue weighted by molar-refractivity contribution is 8.26. The van der Waals surface area contributed by atoms with Crippen LogP contribution in [0.5, 0.6) is 5.75 Å². The molecule has 7 heteroatoms. The third-order valence-electron chi connectivity index (χ3n) is 3.78. The number of rotatable bonds is 5. The Balaban J connectivity index is 1.77. The van der Waals surface area contributed by atoms with Gasteiger partial charge < -0.3 is 9.47 Å². The van der Waals surface area contributed by atoms with Gasteiger partial charge in [0.15, 0.2) is 6.61 Å². The summed E-state index contributed by atoms with van der Waals surface area (Å²) in [6, 6.07) is 9.25. The summed E-state index contributed by atoms with van der Waals surface area (Å²) in [5, 5.41) is 8.67. The molecule has 0 radical (unpaired) electrons. The van der Waals surface area contributed by atoms with Crippen LogP contribution in [-0.2, 0) is 9.53 Å². The smallest absolute Gasteiger partial charge is 0.266 e. The molecular weight excluding hydrogens is 344 g/mol. The van der Waals surface area contributed by atoms with E-state index in [2.05, 4.69) is 0 Å². The minimum atomic E-state index is -0.101. The second-order valence-electron chi connectivity index (χ2n) is 5.41. The molecule has 1 atom stereocenters. The molecule has 124 valence electrons. The fraction of sp³-hybridized carbons (Fsp3) is 0.353. The first-order valence-electron chi connectivity index (χ1n) is 7.65. The van der Waals surface area contributed by atoms with E-state index in [1.165, 1.54) is 11.8 Å². The first kappa shape index (κ1) is 17.0. The van der Waals surface area contributed by atoms with E-state index in [1.807, 2.05) is 24.3 Å². The van der Waals surface area contributed by atoms with Crippen LogP contribution in [0, 0.1) is 11.3 Å². The Morgan fingerprint density at radius 1 is 1.50 bits per heavy atom. The Kier molecular flexibility index (Phi) is 5.51. The Hall–Kier alpha value is -1.88. The summed E-state index contributed by atoms with van der Waals surface area (Å²) in [5.74, 6) is 0.471. The van der Waals surface area contributed by atoms with Crippen LogP contribution in [0.15, 0.2) is 29.2 Å². The molecule has 1 aromatic rings. The standard InChI is InChI=1S/C17H16N2O3S2/c18-7-9-22-14-6-2-1-4-12(14)10-15-16(20)19(17(23)24-15)11-13-5-3-8-21-13/h1-2,4,6,10,13H,3,5,8-9,11H2/b15-10-/t13-/m1/s1. The molecule has 0 spiro atoms. The SMILES string of the molecule is N#CCOc1ccccc1/C=C1\SC(=S)N(C[C@H]2CCCO2)C1=O. The molecule has 0 unspecified atom stereocenters. The minimum absolute atomic E-state index is 0.0369. The van der Waals surface area contributed by atoms with Gasteiger partial charge in [0.25, 0.3) is 5.91 Å². The monoisotopic (exact) mass is 360 g/mol. The molecule has 0 aromatic heterocycles. The zero-order valence-corrected chi connectivity index (χ0v) is 14.6. The summed E-state index contributed by atoms with van der Waals surface area (Å²) in [5.41, 5.74) is 0.755. The highest BCUT2D eigenvalue weighted by Gasteiger charge is 2.34. The summed E-state index contributed by atoms with van der Waals surface area (Å²) in [4.78, 5) is 14.8. The largest absolute Gasteiger partial charge is 0.478 e. The van der Waals surface area contributed by atoms with Gasteiger partial charge in [0.2, 0.25) is 0 Å². The molecule has 1 amide bonds. The number of carbonyl (C=O) groups excluding carboxylic acids is 1. The zero-order valence-electron chi connectivity index (χ0n) is 12.9. The number of hydrogen-bond acceptors (Lipinski definition) is 6. The van der Waals surface area contributed by atoms with Gasteiger partial charge in [-0.2, -0.15) is 5.26 Å². The number of hydrogen-bond donors (Lipinski definition) is 0. The van der Waals surface area contributed by atoms with E-state index in [-0.39, 0.29) is 18.6 Å². The number of carbonyl (C=O) groups is 1. The highest BCUT2D eigenvalue weighted by atomic mass is 32.2. The number of ether oxygens (including phenoxy) is 2. The van der Waals surface area contributed by atoms with Crippen molar-refractivity contribution in [1.82, 2.24) is 4.90 Å². The van der Waals surface area contributed by atoms with Crippen molar-refractivity contribution in [1.29, 1.82) is 5.26 Å². The zero-order chi connectivity index (χ0) is 16.9. The number of thiocarbonyl (C=S) groups is 1. The maximum Gasteiger partial charge on any atom is 0.266 e. The number of nitriles is 1. The molecule has 24 heavy (non-hydrogen) atoms. The van der Waals surface area contributed by atoms with Gasteiger partial charge >= 0.3 is 0 Å². The van der Waals surface area contributed by atoms with Crippen LogP contribution in [0.2, 0.25) is 0 Å². The number of thioether (sulfide) groups is 1. The van der Waals surface area contributed by atoms with Gasteiger partial charge in [-0.05, 0) is 25.0 Å². The van der Waals surface area contributed by atoms with E-state index in [4.69, 9.17) is 27.0 Å². The van der Waals surface area contributed by atoms with Gasteiger partial charge in [-0.3, -0.25) is 9.69 Å². The average molecular weight is 360 g/mol. The summed E-state index contributed by atoms with van der Waals surface area (Å²) in [6.45, 7) is 1.22. The van der Waals surface area contributed by atoms with Gasteiger partial charge in [0, 0.05) is 12.2 Å². The molecule has 0 bridgehead atoms. The van der Waals surface area contributed by atoms with Crippen molar-refractivity contribution in [2.75, 3.05) is 19.8 Å². The lowest BCUT2D eigenvalue weighted by Gasteiger charge is -2.18. The Morgan fingerprint density at radius 3 is 3.08 bits per heavy atom. The molecule has 2 aliphatic heterocycles. The van der Waals surface area contributed by atoms with Gasteiger partial charge in [0.05, 0.1) is 17.6 Å². The normalized spacial score (nSPS) is 22.2. The lowest BCUT2D eigenvalue weighted by Crippen LogP contribution is -2.35. The topological polar surface area (TPSA) is 62.6 Å². The second-order valence-corrected chi connectivity index (χ2v) is 7.09. The molecule has 2 fully saturated rings. The molecule has 3 rings (SSSR count). The van der Waals surface area contributed by atoms with Crippen LogP contribution >= 0.6 is 24.0 Å². The minimum Gasteiger partial charge on any atom is -0.478 e. The molecule has 1 aromatic carbocycles. The van der Waals surface area contributed by atoms with E-state index >= 15 is 0 Å². The average Bonchev–Trinajstić information content (AvgIpc) is 3.18.